The highest BCUT2D eigenvalue weighted by Crippen LogP contribution is 2.33. The second-order valence-corrected chi connectivity index (χ2v) is 6.52. The fourth-order valence-corrected chi connectivity index (χ4v) is 3.48. The van der Waals surface area contributed by atoms with Crippen LogP contribution in [0, 0.1) is 6.92 Å². The van der Waals surface area contributed by atoms with Crippen LogP contribution in [0.1, 0.15) is 21.4 Å². The lowest BCUT2D eigenvalue weighted by Crippen LogP contribution is -1.99. The molecule has 98 valence electrons. The van der Waals surface area contributed by atoms with Gasteiger partial charge in [-0.15, -0.1) is 11.3 Å². The number of benzene rings is 1. The molecule has 2 heterocycles. The molecule has 1 unspecified atom stereocenters. The molecule has 1 atom stereocenters. The zero-order valence-electron chi connectivity index (χ0n) is 10.0. The van der Waals surface area contributed by atoms with Gasteiger partial charge in [0.15, 0.2) is 0 Å². The topological polar surface area (TPSA) is 68.9 Å². The number of imidazole rings is 1. The van der Waals surface area contributed by atoms with Crippen LogP contribution in [0.5, 0.6) is 0 Å². The molecule has 0 saturated carbocycles. The number of aromatic nitrogens is 2. The summed E-state index contributed by atoms with van der Waals surface area (Å²) in [5.74, 6) is 0. The van der Waals surface area contributed by atoms with E-state index in [1.807, 2.05) is 19.1 Å². The maximum absolute atomic E-state index is 11.3. The van der Waals surface area contributed by atoms with Gasteiger partial charge < -0.3 is 15.1 Å². The first kappa shape index (κ1) is 12.7. The Bertz CT molecular complexity index is 802. The highest BCUT2D eigenvalue weighted by Gasteiger charge is 2.17. The molecule has 6 heteroatoms. The minimum atomic E-state index is -0.698. The number of aliphatic hydroxyl groups excluding tert-OH is 1. The second-order valence-electron chi connectivity index (χ2n) is 4.35. The van der Waals surface area contributed by atoms with Crippen LogP contribution in [0.2, 0.25) is 0 Å². The van der Waals surface area contributed by atoms with Gasteiger partial charge in [-0.25, -0.2) is 4.79 Å². The monoisotopic (exact) mass is 338 g/mol. The van der Waals surface area contributed by atoms with Crippen molar-refractivity contribution in [2.45, 2.75) is 13.0 Å². The Morgan fingerprint density at radius 1 is 1.26 bits per heavy atom. The molecule has 0 bridgehead atoms. The quantitative estimate of drug-likeness (QED) is 0.672. The van der Waals surface area contributed by atoms with Crippen molar-refractivity contribution in [1.29, 1.82) is 0 Å². The number of rotatable bonds is 2. The first-order valence-corrected chi connectivity index (χ1v) is 7.31. The Hall–Kier alpha value is -1.37. The first-order valence-electron chi connectivity index (χ1n) is 5.70. The van der Waals surface area contributed by atoms with E-state index in [0.29, 0.717) is 5.52 Å². The predicted molar refractivity (Wildman–Crippen MR) is 79.7 cm³/mol. The van der Waals surface area contributed by atoms with Crippen LogP contribution >= 0.6 is 27.3 Å². The molecule has 1 aromatic carbocycles. The van der Waals surface area contributed by atoms with Gasteiger partial charge >= 0.3 is 5.69 Å². The number of aromatic amines is 2. The Morgan fingerprint density at radius 2 is 1.95 bits per heavy atom. The molecule has 3 N–H and O–H groups in total. The summed E-state index contributed by atoms with van der Waals surface area (Å²) >= 11 is 5.00. The molecular formula is C13H11BrN2O2S. The van der Waals surface area contributed by atoms with E-state index >= 15 is 0 Å². The molecule has 0 amide bonds. The standard InChI is InChI=1S/C13H11BrN2O2S/c1-6-2-3-11(19-6)12(17)7-4-9-10(5-8(7)14)16-13(18)15-9/h2-5,12,17H,1H3,(H2,15,16,18). The summed E-state index contributed by atoms with van der Waals surface area (Å²) in [5, 5.41) is 10.4. The first-order chi connectivity index (χ1) is 9.04. The minimum Gasteiger partial charge on any atom is -0.383 e. The van der Waals surface area contributed by atoms with Crippen molar-refractivity contribution in [1.82, 2.24) is 9.97 Å². The Morgan fingerprint density at radius 3 is 2.58 bits per heavy atom. The second kappa shape index (κ2) is 4.63. The van der Waals surface area contributed by atoms with Crippen molar-refractivity contribution in [3.8, 4) is 0 Å². The van der Waals surface area contributed by atoms with Crippen LogP contribution in [0.25, 0.3) is 11.0 Å². The van der Waals surface area contributed by atoms with Crippen LogP contribution in [0.3, 0.4) is 0 Å². The molecule has 4 nitrogen and oxygen atoms in total. The third-order valence-electron chi connectivity index (χ3n) is 2.96. The number of hydrogen-bond acceptors (Lipinski definition) is 3. The zero-order valence-corrected chi connectivity index (χ0v) is 12.4. The van der Waals surface area contributed by atoms with E-state index in [0.717, 1.165) is 25.3 Å². The van der Waals surface area contributed by atoms with E-state index in [2.05, 4.69) is 25.9 Å². The molecule has 0 aliphatic carbocycles. The van der Waals surface area contributed by atoms with Crippen LogP contribution in [0.4, 0.5) is 0 Å². The zero-order chi connectivity index (χ0) is 13.6. The van der Waals surface area contributed by atoms with Gasteiger partial charge in [0.2, 0.25) is 0 Å². The van der Waals surface area contributed by atoms with Crippen LogP contribution in [-0.4, -0.2) is 15.1 Å². The lowest BCUT2D eigenvalue weighted by atomic mass is 10.1. The van der Waals surface area contributed by atoms with E-state index in [1.165, 1.54) is 0 Å². The summed E-state index contributed by atoms with van der Waals surface area (Å²) < 4.78 is 0.772. The van der Waals surface area contributed by atoms with Gasteiger partial charge in [0.1, 0.15) is 6.10 Å². The molecule has 2 aromatic heterocycles. The third-order valence-corrected chi connectivity index (χ3v) is 4.70. The minimum absolute atomic E-state index is 0.250. The highest BCUT2D eigenvalue weighted by atomic mass is 79.9. The number of aliphatic hydroxyl groups is 1. The number of fused-ring (bicyclic) bond motifs is 1. The van der Waals surface area contributed by atoms with Crippen LogP contribution < -0.4 is 5.69 Å². The van der Waals surface area contributed by atoms with E-state index in [4.69, 9.17) is 0 Å². The number of hydrogen-bond donors (Lipinski definition) is 3. The van der Waals surface area contributed by atoms with Crippen molar-refractivity contribution in [3.63, 3.8) is 0 Å². The van der Waals surface area contributed by atoms with Gasteiger partial charge in [0.25, 0.3) is 0 Å². The molecule has 0 fully saturated rings. The Kier molecular flexibility index (Phi) is 3.08. The van der Waals surface area contributed by atoms with E-state index < -0.39 is 6.10 Å². The maximum Gasteiger partial charge on any atom is 0.323 e. The molecule has 0 aliphatic rings. The number of halogens is 1. The van der Waals surface area contributed by atoms with Crippen molar-refractivity contribution < 1.29 is 5.11 Å². The number of H-pyrrole nitrogens is 2. The predicted octanol–water partition coefficient (Wildman–Crippen LogP) is 3.07. The lowest BCUT2D eigenvalue weighted by molar-refractivity contribution is 0.223. The molecule has 3 aromatic rings. The number of nitrogens with one attached hydrogen (secondary N) is 2. The summed E-state index contributed by atoms with van der Waals surface area (Å²) in [6.07, 6.45) is -0.698. The molecular weight excluding hydrogens is 328 g/mol. The van der Waals surface area contributed by atoms with Crippen molar-refractivity contribution >= 4 is 38.3 Å². The van der Waals surface area contributed by atoms with Gasteiger partial charge in [-0.1, -0.05) is 15.9 Å². The molecule has 0 saturated heterocycles. The SMILES string of the molecule is Cc1ccc(C(O)c2cc3[nH]c(=O)[nH]c3cc2Br)s1. The molecule has 0 radical (unpaired) electrons. The van der Waals surface area contributed by atoms with Crippen LogP contribution in [0.15, 0.2) is 33.5 Å². The Balaban J connectivity index is 2.13. The smallest absolute Gasteiger partial charge is 0.323 e. The van der Waals surface area contributed by atoms with Gasteiger partial charge in [-0.05, 0) is 31.2 Å². The lowest BCUT2D eigenvalue weighted by Gasteiger charge is -2.11. The maximum atomic E-state index is 11.3. The molecule has 19 heavy (non-hydrogen) atoms. The summed E-state index contributed by atoms with van der Waals surface area (Å²) in [4.78, 5) is 18.7. The average Bonchev–Trinajstić information content (AvgIpc) is 2.92. The normalized spacial score (nSPS) is 13.0. The average molecular weight is 339 g/mol. The highest BCUT2D eigenvalue weighted by molar-refractivity contribution is 9.10. The van der Waals surface area contributed by atoms with E-state index in [-0.39, 0.29) is 5.69 Å². The van der Waals surface area contributed by atoms with Crippen LogP contribution in [-0.2, 0) is 0 Å². The Labute approximate surface area is 121 Å². The number of thiophene rings is 1. The van der Waals surface area contributed by atoms with Gasteiger partial charge in [0.05, 0.1) is 11.0 Å². The molecule has 0 aliphatic heterocycles. The van der Waals surface area contributed by atoms with E-state index in [9.17, 15) is 9.90 Å². The summed E-state index contributed by atoms with van der Waals surface area (Å²) in [6, 6.07) is 7.48. The van der Waals surface area contributed by atoms with Gasteiger partial charge in [-0.2, -0.15) is 0 Å². The summed E-state index contributed by atoms with van der Waals surface area (Å²) in [5.41, 5.74) is 1.90. The largest absolute Gasteiger partial charge is 0.383 e. The van der Waals surface area contributed by atoms with Crippen molar-refractivity contribution in [3.05, 3.63) is 54.5 Å². The fraction of sp³-hybridized carbons (Fsp3) is 0.154. The van der Waals surface area contributed by atoms with Gasteiger partial charge in [-0.3, -0.25) is 0 Å². The van der Waals surface area contributed by atoms with Gasteiger partial charge in [0, 0.05) is 19.8 Å². The van der Waals surface area contributed by atoms with Crippen molar-refractivity contribution in [2.24, 2.45) is 0 Å². The number of aryl methyl sites for hydroxylation is 1. The third kappa shape index (κ3) is 2.27. The summed E-state index contributed by atoms with van der Waals surface area (Å²) in [6.45, 7) is 2.00. The van der Waals surface area contributed by atoms with Crippen molar-refractivity contribution in [2.75, 3.05) is 0 Å². The molecule has 3 rings (SSSR count). The summed E-state index contributed by atoms with van der Waals surface area (Å²) in [7, 11) is 0. The fourth-order valence-electron chi connectivity index (χ4n) is 2.04. The van der Waals surface area contributed by atoms with E-state index in [1.54, 1.807) is 23.5 Å². The molecule has 0 spiro atoms.